The number of carbonyl (C=O) groups excluding carboxylic acids is 1. The highest BCUT2D eigenvalue weighted by Crippen LogP contribution is 2.37. The van der Waals surface area contributed by atoms with Crippen LogP contribution in [0.3, 0.4) is 0 Å². The minimum Gasteiger partial charge on any atom is -0.426 e. The first-order valence-corrected chi connectivity index (χ1v) is 11.7. The number of benzene rings is 2. The molecule has 4 rings (SSSR count). The first-order valence-electron chi connectivity index (χ1n) is 11.7. The zero-order chi connectivity index (χ0) is 22.7. The number of nitrogens with zero attached hydrogens (tertiary/aromatic N) is 1. The third kappa shape index (κ3) is 4.70. The van der Waals surface area contributed by atoms with Gasteiger partial charge < -0.3 is 4.74 Å². The Balaban J connectivity index is 1.42. The fraction of sp³-hybridized carbons (Fsp3) is 0.481. The van der Waals surface area contributed by atoms with E-state index in [1.54, 1.807) is 0 Å². The van der Waals surface area contributed by atoms with Gasteiger partial charge in [0, 0.05) is 12.1 Å². The highest BCUT2D eigenvalue weighted by molar-refractivity contribution is 5.76. The normalized spacial score (nSPS) is 19.6. The van der Waals surface area contributed by atoms with E-state index >= 15 is 0 Å². The summed E-state index contributed by atoms with van der Waals surface area (Å²) in [6.07, 6.45) is 10.8. The van der Waals surface area contributed by atoms with Crippen molar-refractivity contribution in [1.29, 1.82) is 5.26 Å². The van der Waals surface area contributed by atoms with Gasteiger partial charge in [-0.2, -0.15) is 5.26 Å². The molecule has 2 unspecified atom stereocenters. The molecule has 0 aromatic heterocycles. The predicted octanol–water partition coefficient (Wildman–Crippen LogP) is 6.23. The van der Waals surface area contributed by atoms with Crippen LogP contribution in [0.1, 0.15) is 73.3 Å². The molecule has 0 bridgehead atoms. The van der Waals surface area contributed by atoms with Gasteiger partial charge in [0.25, 0.3) is 0 Å². The van der Waals surface area contributed by atoms with Crippen LogP contribution in [0.5, 0.6) is 5.75 Å². The van der Waals surface area contributed by atoms with Gasteiger partial charge in [-0.25, -0.2) is 8.78 Å². The standard InChI is InChI=1S/C27H29F2NO2/c1-2-3-4-5-17-6-10-22-18(12-17)7-8-19-13-20(9-11-23(19)22)27(31)32-21-14-25(28)24(16-30)26(29)15-21/h7-8,14-15,17,20H,2-6,9-13H2,1H3. The largest absolute Gasteiger partial charge is 0.426 e. The van der Waals surface area contributed by atoms with Crippen molar-refractivity contribution in [1.82, 2.24) is 0 Å². The molecule has 2 aromatic carbocycles. The SMILES string of the molecule is CCCCCC1CCc2c(ccc3c2CCC(C(=O)Oc2cc(F)c(C#N)c(F)c2)C3)C1. The van der Waals surface area contributed by atoms with Gasteiger partial charge in [-0.15, -0.1) is 0 Å². The molecular formula is C27H29F2NO2. The number of nitriles is 1. The van der Waals surface area contributed by atoms with Crippen LogP contribution < -0.4 is 4.74 Å². The second-order valence-corrected chi connectivity index (χ2v) is 9.18. The molecule has 5 heteroatoms. The Morgan fingerprint density at radius 1 is 1.06 bits per heavy atom. The first kappa shape index (κ1) is 22.5. The maximum Gasteiger partial charge on any atom is 0.314 e. The summed E-state index contributed by atoms with van der Waals surface area (Å²) in [6.45, 7) is 2.24. The Morgan fingerprint density at radius 3 is 2.38 bits per heavy atom. The molecule has 2 aromatic rings. The van der Waals surface area contributed by atoms with E-state index in [1.165, 1.54) is 60.4 Å². The van der Waals surface area contributed by atoms with Gasteiger partial charge in [-0.3, -0.25) is 4.79 Å². The fourth-order valence-electron chi connectivity index (χ4n) is 5.29. The number of rotatable bonds is 6. The molecular weight excluding hydrogens is 408 g/mol. The van der Waals surface area contributed by atoms with Crippen molar-refractivity contribution in [3.8, 4) is 11.8 Å². The molecule has 0 saturated carbocycles. The first-order chi connectivity index (χ1) is 15.5. The molecule has 0 saturated heterocycles. The van der Waals surface area contributed by atoms with Gasteiger partial charge in [0.1, 0.15) is 29.0 Å². The maximum atomic E-state index is 13.8. The lowest BCUT2D eigenvalue weighted by atomic mass is 9.74. The van der Waals surface area contributed by atoms with Crippen LogP contribution in [-0.4, -0.2) is 5.97 Å². The Labute approximate surface area is 188 Å². The van der Waals surface area contributed by atoms with Gasteiger partial charge in [0.15, 0.2) is 0 Å². The van der Waals surface area contributed by atoms with Crippen molar-refractivity contribution < 1.29 is 18.3 Å². The lowest BCUT2D eigenvalue weighted by Gasteiger charge is -2.31. The van der Waals surface area contributed by atoms with Crippen LogP contribution in [-0.2, 0) is 30.5 Å². The summed E-state index contributed by atoms with van der Waals surface area (Å²) >= 11 is 0. The van der Waals surface area contributed by atoms with E-state index in [0.29, 0.717) is 12.8 Å². The van der Waals surface area contributed by atoms with Gasteiger partial charge >= 0.3 is 5.97 Å². The average Bonchev–Trinajstić information content (AvgIpc) is 2.78. The average molecular weight is 438 g/mol. The monoisotopic (exact) mass is 437 g/mol. The molecule has 0 radical (unpaired) electrons. The summed E-state index contributed by atoms with van der Waals surface area (Å²) in [5.74, 6) is -2.28. The van der Waals surface area contributed by atoms with E-state index in [1.807, 2.05) is 0 Å². The minimum absolute atomic E-state index is 0.200. The fourth-order valence-corrected chi connectivity index (χ4v) is 5.29. The van der Waals surface area contributed by atoms with Crippen molar-refractivity contribution in [2.75, 3.05) is 0 Å². The third-order valence-electron chi connectivity index (χ3n) is 7.04. The summed E-state index contributed by atoms with van der Waals surface area (Å²) < 4.78 is 32.9. The van der Waals surface area contributed by atoms with E-state index < -0.39 is 23.2 Å². The summed E-state index contributed by atoms with van der Waals surface area (Å²) in [7, 11) is 0. The van der Waals surface area contributed by atoms with Crippen molar-refractivity contribution >= 4 is 5.97 Å². The molecule has 2 aliphatic rings. The lowest BCUT2D eigenvalue weighted by molar-refractivity contribution is -0.139. The number of esters is 1. The van der Waals surface area contributed by atoms with E-state index in [-0.39, 0.29) is 11.7 Å². The topological polar surface area (TPSA) is 50.1 Å². The third-order valence-corrected chi connectivity index (χ3v) is 7.04. The van der Waals surface area contributed by atoms with E-state index in [0.717, 1.165) is 37.3 Å². The highest BCUT2D eigenvalue weighted by Gasteiger charge is 2.30. The predicted molar refractivity (Wildman–Crippen MR) is 118 cm³/mol. The minimum atomic E-state index is -1.02. The van der Waals surface area contributed by atoms with Gasteiger partial charge in [0.05, 0.1) is 5.92 Å². The number of hydrogen-bond donors (Lipinski definition) is 0. The van der Waals surface area contributed by atoms with Gasteiger partial charge in [-0.1, -0.05) is 44.7 Å². The number of carbonyl (C=O) groups is 1. The molecule has 0 amide bonds. The van der Waals surface area contributed by atoms with Crippen molar-refractivity contribution in [3.05, 3.63) is 63.7 Å². The molecule has 3 nitrogen and oxygen atoms in total. The van der Waals surface area contributed by atoms with Gasteiger partial charge in [-0.05, 0) is 66.7 Å². The van der Waals surface area contributed by atoms with Gasteiger partial charge in [0.2, 0.25) is 0 Å². The molecule has 0 N–H and O–H groups in total. The Hall–Kier alpha value is -2.74. The van der Waals surface area contributed by atoms with Crippen LogP contribution in [0.4, 0.5) is 8.78 Å². The molecule has 0 heterocycles. The highest BCUT2D eigenvalue weighted by atomic mass is 19.1. The van der Waals surface area contributed by atoms with Crippen LogP contribution in [0.15, 0.2) is 24.3 Å². The number of halogens is 2. The van der Waals surface area contributed by atoms with E-state index in [4.69, 9.17) is 10.00 Å². The zero-order valence-electron chi connectivity index (χ0n) is 18.6. The summed E-state index contributed by atoms with van der Waals surface area (Å²) in [6, 6.07) is 7.64. The lowest BCUT2D eigenvalue weighted by Crippen LogP contribution is -2.28. The molecule has 0 spiro atoms. The Kier molecular flexibility index (Phi) is 6.89. The van der Waals surface area contributed by atoms with Crippen LogP contribution in [0.2, 0.25) is 0 Å². The number of fused-ring (bicyclic) bond motifs is 3. The smallest absolute Gasteiger partial charge is 0.314 e. The summed E-state index contributed by atoms with van der Waals surface area (Å²) in [5, 5.41) is 8.78. The van der Waals surface area contributed by atoms with Crippen molar-refractivity contribution in [2.45, 2.75) is 71.1 Å². The second-order valence-electron chi connectivity index (χ2n) is 9.18. The van der Waals surface area contributed by atoms with Crippen molar-refractivity contribution in [3.63, 3.8) is 0 Å². The molecule has 32 heavy (non-hydrogen) atoms. The zero-order valence-corrected chi connectivity index (χ0v) is 18.6. The van der Waals surface area contributed by atoms with Crippen LogP contribution in [0.25, 0.3) is 0 Å². The van der Waals surface area contributed by atoms with Crippen molar-refractivity contribution in [2.24, 2.45) is 11.8 Å². The second kappa shape index (κ2) is 9.81. The summed E-state index contributed by atoms with van der Waals surface area (Å²) in [4.78, 5) is 12.7. The van der Waals surface area contributed by atoms with Crippen LogP contribution >= 0.6 is 0 Å². The van der Waals surface area contributed by atoms with E-state index in [9.17, 15) is 13.6 Å². The molecule has 0 fully saturated rings. The van der Waals surface area contributed by atoms with E-state index in [2.05, 4.69) is 19.1 Å². The molecule has 2 atom stereocenters. The summed E-state index contributed by atoms with van der Waals surface area (Å²) in [5.41, 5.74) is 4.87. The molecule has 2 aliphatic carbocycles. The number of unbranched alkanes of at least 4 members (excludes halogenated alkanes) is 2. The Morgan fingerprint density at radius 2 is 1.72 bits per heavy atom. The van der Waals surface area contributed by atoms with Crippen LogP contribution in [0, 0.1) is 34.8 Å². The maximum absolute atomic E-state index is 13.8. The quantitative estimate of drug-likeness (QED) is 0.306. The number of ether oxygens (including phenoxy) is 1. The molecule has 0 aliphatic heterocycles. The number of hydrogen-bond acceptors (Lipinski definition) is 3. The Bertz CT molecular complexity index is 1030. The molecule has 168 valence electrons.